The monoisotopic (exact) mass is 276 g/mol. The van der Waals surface area contributed by atoms with Gasteiger partial charge in [0.2, 0.25) is 0 Å². The van der Waals surface area contributed by atoms with Gasteiger partial charge in [-0.25, -0.2) is 4.79 Å². The van der Waals surface area contributed by atoms with Crippen LogP contribution in [-0.4, -0.2) is 18.3 Å². The van der Waals surface area contributed by atoms with Gasteiger partial charge in [-0.15, -0.1) is 0 Å². The highest BCUT2D eigenvalue weighted by atomic mass is 16.5. The Balaban J connectivity index is 2.27. The lowest BCUT2D eigenvalue weighted by molar-refractivity contribution is 0.151. The summed E-state index contributed by atoms with van der Waals surface area (Å²) in [6, 6.07) is 9.58. The summed E-state index contributed by atoms with van der Waals surface area (Å²) >= 11 is 0. The molecular weight excluding hydrogens is 252 g/mol. The van der Waals surface area contributed by atoms with Crippen molar-refractivity contribution in [1.82, 2.24) is 0 Å². The molecule has 1 amide bonds. The minimum absolute atomic E-state index is 0.265. The van der Waals surface area contributed by atoms with E-state index in [1.54, 1.807) is 0 Å². The second kappa shape index (κ2) is 9.26. The van der Waals surface area contributed by atoms with Gasteiger partial charge in [-0.1, -0.05) is 37.3 Å². The third kappa shape index (κ3) is 7.04. The molecule has 0 saturated heterocycles. The summed E-state index contributed by atoms with van der Waals surface area (Å²) in [5, 5.41) is 0. The van der Waals surface area contributed by atoms with Crippen molar-refractivity contribution in [2.24, 2.45) is 16.6 Å². The molecule has 20 heavy (non-hydrogen) atoms. The first-order chi connectivity index (χ1) is 9.61. The van der Waals surface area contributed by atoms with Gasteiger partial charge in [0.05, 0.1) is 0 Å². The summed E-state index contributed by atoms with van der Waals surface area (Å²) in [6.45, 7) is 4.95. The Labute approximate surface area is 121 Å². The van der Waals surface area contributed by atoms with Crippen molar-refractivity contribution < 1.29 is 9.53 Å². The number of benzene rings is 1. The van der Waals surface area contributed by atoms with Crippen LogP contribution in [0.4, 0.5) is 4.79 Å². The van der Waals surface area contributed by atoms with E-state index in [0.29, 0.717) is 12.5 Å². The molecular formula is C16H24N2O2. The van der Waals surface area contributed by atoms with Gasteiger partial charge in [0.15, 0.2) is 0 Å². The molecule has 0 aliphatic rings. The molecule has 0 spiro atoms. The van der Waals surface area contributed by atoms with Crippen LogP contribution < -0.4 is 5.73 Å². The number of nitrogens with two attached hydrogens (primary N) is 1. The molecule has 2 N–H and O–H groups in total. The minimum Gasteiger partial charge on any atom is -0.443 e. The van der Waals surface area contributed by atoms with E-state index in [0.717, 1.165) is 30.5 Å². The fourth-order valence-electron chi connectivity index (χ4n) is 1.79. The van der Waals surface area contributed by atoms with Crippen molar-refractivity contribution in [3.63, 3.8) is 0 Å². The highest BCUT2D eigenvalue weighted by molar-refractivity contribution is 5.91. The fourth-order valence-corrected chi connectivity index (χ4v) is 1.79. The SMILES string of the molecule is CC(CCCC(C)CN)=NC(=O)OCc1ccccc1. The first-order valence-corrected chi connectivity index (χ1v) is 7.06. The van der Waals surface area contributed by atoms with E-state index in [9.17, 15) is 4.79 Å². The molecule has 0 heterocycles. The number of rotatable bonds is 7. The van der Waals surface area contributed by atoms with Crippen molar-refractivity contribution in [3.05, 3.63) is 35.9 Å². The van der Waals surface area contributed by atoms with Gasteiger partial charge in [-0.3, -0.25) is 0 Å². The van der Waals surface area contributed by atoms with Gasteiger partial charge >= 0.3 is 6.09 Å². The Kier molecular flexibility index (Phi) is 7.58. The molecule has 0 radical (unpaired) electrons. The predicted molar refractivity (Wildman–Crippen MR) is 81.8 cm³/mol. The number of hydrogen-bond donors (Lipinski definition) is 1. The third-order valence-electron chi connectivity index (χ3n) is 3.13. The highest BCUT2D eigenvalue weighted by Crippen LogP contribution is 2.07. The molecule has 0 aliphatic heterocycles. The Bertz CT molecular complexity index is 429. The lowest BCUT2D eigenvalue weighted by atomic mass is 10.0. The summed E-state index contributed by atoms with van der Waals surface area (Å²) in [5.41, 5.74) is 7.34. The Morgan fingerprint density at radius 3 is 2.70 bits per heavy atom. The molecule has 0 bridgehead atoms. The summed E-state index contributed by atoms with van der Waals surface area (Å²) in [4.78, 5) is 15.5. The van der Waals surface area contributed by atoms with E-state index in [1.165, 1.54) is 0 Å². The zero-order chi connectivity index (χ0) is 14.8. The van der Waals surface area contributed by atoms with Gasteiger partial charge in [-0.05, 0) is 44.2 Å². The number of aliphatic imine (C=N–C) groups is 1. The van der Waals surface area contributed by atoms with Crippen molar-refractivity contribution in [2.45, 2.75) is 39.7 Å². The lowest BCUT2D eigenvalue weighted by Gasteiger charge is -2.07. The van der Waals surface area contributed by atoms with Crippen molar-refractivity contribution in [3.8, 4) is 0 Å². The first kappa shape index (κ1) is 16.4. The molecule has 0 aliphatic carbocycles. The minimum atomic E-state index is -0.516. The number of ether oxygens (including phenoxy) is 1. The Morgan fingerprint density at radius 2 is 2.05 bits per heavy atom. The number of amides is 1. The van der Waals surface area contributed by atoms with Crippen LogP contribution in [0.15, 0.2) is 35.3 Å². The summed E-state index contributed by atoms with van der Waals surface area (Å²) in [5.74, 6) is 0.521. The van der Waals surface area contributed by atoms with Crippen molar-refractivity contribution in [1.29, 1.82) is 0 Å². The molecule has 1 rings (SSSR count). The van der Waals surface area contributed by atoms with E-state index in [1.807, 2.05) is 37.3 Å². The molecule has 0 saturated carbocycles. The summed E-state index contributed by atoms with van der Waals surface area (Å²) in [7, 11) is 0. The highest BCUT2D eigenvalue weighted by Gasteiger charge is 2.04. The molecule has 4 heteroatoms. The average molecular weight is 276 g/mol. The topological polar surface area (TPSA) is 64.7 Å². The average Bonchev–Trinajstić information content (AvgIpc) is 2.46. The van der Waals surface area contributed by atoms with Crippen LogP contribution in [0, 0.1) is 5.92 Å². The van der Waals surface area contributed by atoms with Crippen LogP contribution in [-0.2, 0) is 11.3 Å². The second-order valence-electron chi connectivity index (χ2n) is 5.12. The zero-order valence-corrected chi connectivity index (χ0v) is 12.3. The number of hydrogen-bond acceptors (Lipinski definition) is 3. The Hall–Kier alpha value is -1.68. The van der Waals surface area contributed by atoms with Crippen LogP contribution in [0.3, 0.4) is 0 Å². The maximum Gasteiger partial charge on any atom is 0.433 e. The number of nitrogens with zero attached hydrogens (tertiary/aromatic N) is 1. The van der Waals surface area contributed by atoms with E-state index in [4.69, 9.17) is 10.5 Å². The largest absolute Gasteiger partial charge is 0.443 e. The summed E-state index contributed by atoms with van der Waals surface area (Å²) in [6.07, 6.45) is 2.35. The molecule has 0 fully saturated rings. The van der Waals surface area contributed by atoms with E-state index in [2.05, 4.69) is 11.9 Å². The van der Waals surface area contributed by atoms with Crippen molar-refractivity contribution >= 4 is 11.8 Å². The lowest BCUT2D eigenvalue weighted by Crippen LogP contribution is -2.11. The van der Waals surface area contributed by atoms with Gasteiger partial charge in [0.1, 0.15) is 6.61 Å². The first-order valence-electron chi connectivity index (χ1n) is 7.06. The van der Waals surface area contributed by atoms with Crippen molar-refractivity contribution in [2.75, 3.05) is 6.54 Å². The zero-order valence-electron chi connectivity index (χ0n) is 12.3. The standard InChI is InChI=1S/C16H24N2O2/c1-13(11-17)7-6-8-14(2)18-16(19)20-12-15-9-4-3-5-10-15/h3-5,9-10,13H,6-8,11-12,17H2,1-2H3. The van der Waals surface area contributed by atoms with Gasteiger partial charge in [0, 0.05) is 5.71 Å². The number of carbonyl (C=O) groups is 1. The van der Waals surface area contributed by atoms with Crippen LogP contribution in [0.5, 0.6) is 0 Å². The third-order valence-corrected chi connectivity index (χ3v) is 3.13. The molecule has 1 aromatic rings. The van der Waals surface area contributed by atoms with E-state index in [-0.39, 0.29) is 6.61 Å². The maximum absolute atomic E-state index is 11.6. The van der Waals surface area contributed by atoms with Crippen LogP contribution in [0.25, 0.3) is 0 Å². The van der Waals surface area contributed by atoms with Gasteiger partial charge in [0.25, 0.3) is 0 Å². The molecule has 0 aromatic heterocycles. The van der Waals surface area contributed by atoms with Crippen LogP contribution in [0.1, 0.15) is 38.7 Å². The van der Waals surface area contributed by atoms with Gasteiger partial charge < -0.3 is 10.5 Å². The van der Waals surface area contributed by atoms with E-state index < -0.39 is 6.09 Å². The fraction of sp³-hybridized carbons (Fsp3) is 0.500. The summed E-state index contributed by atoms with van der Waals surface area (Å²) < 4.78 is 5.10. The molecule has 1 aromatic carbocycles. The number of carbonyl (C=O) groups excluding carboxylic acids is 1. The quantitative estimate of drug-likeness (QED) is 0.774. The van der Waals surface area contributed by atoms with E-state index >= 15 is 0 Å². The molecule has 110 valence electrons. The molecule has 4 nitrogen and oxygen atoms in total. The molecule has 1 atom stereocenters. The molecule has 1 unspecified atom stereocenters. The van der Waals surface area contributed by atoms with Gasteiger partial charge in [-0.2, -0.15) is 4.99 Å². The van der Waals surface area contributed by atoms with Crippen LogP contribution >= 0.6 is 0 Å². The normalized spacial score (nSPS) is 13.1. The predicted octanol–water partition coefficient (Wildman–Crippen LogP) is 3.55. The maximum atomic E-state index is 11.6. The van der Waals surface area contributed by atoms with Crippen LogP contribution in [0.2, 0.25) is 0 Å². The smallest absolute Gasteiger partial charge is 0.433 e. The second-order valence-corrected chi connectivity index (χ2v) is 5.12. The Morgan fingerprint density at radius 1 is 1.35 bits per heavy atom.